The number of nitrogens with zero attached hydrogens (tertiary/aromatic N) is 3. The molecule has 1 saturated carbocycles. The highest BCUT2D eigenvalue weighted by molar-refractivity contribution is 5.35. The largest absolute Gasteiger partial charge is 0.491 e. The second kappa shape index (κ2) is 6.71. The molecule has 3 rings (SSSR count). The molecule has 5 nitrogen and oxygen atoms in total. The van der Waals surface area contributed by atoms with Crippen LogP contribution in [0.1, 0.15) is 62.8 Å². The van der Waals surface area contributed by atoms with Gasteiger partial charge in [-0.3, -0.25) is 4.68 Å². The highest BCUT2D eigenvalue weighted by Crippen LogP contribution is 2.38. The third-order valence-electron chi connectivity index (χ3n) is 4.13. The summed E-state index contributed by atoms with van der Waals surface area (Å²) in [6.07, 6.45) is 2.63. The standard InChI is InChI=1S/C18H26N4O/c1-12(2)23-16-8-6-5-7-15(16)13(3)19-11-17-20-18(14-9-10-14)21-22(17)4/h5-8,12-14,19H,9-11H2,1-4H3. The minimum atomic E-state index is 0.170. The van der Waals surface area contributed by atoms with Gasteiger partial charge in [0.05, 0.1) is 12.6 Å². The molecule has 0 spiro atoms. The lowest BCUT2D eigenvalue weighted by Gasteiger charge is -2.19. The fourth-order valence-electron chi connectivity index (χ4n) is 2.66. The van der Waals surface area contributed by atoms with Crippen LogP contribution in [0, 0.1) is 0 Å². The summed E-state index contributed by atoms with van der Waals surface area (Å²) in [6.45, 7) is 6.95. The first kappa shape index (κ1) is 16.0. The summed E-state index contributed by atoms with van der Waals surface area (Å²) in [5, 5.41) is 8.06. The van der Waals surface area contributed by atoms with E-state index in [2.05, 4.69) is 28.4 Å². The molecule has 1 atom stereocenters. The van der Waals surface area contributed by atoms with Gasteiger partial charge in [0.15, 0.2) is 5.82 Å². The Morgan fingerprint density at radius 2 is 2.00 bits per heavy atom. The van der Waals surface area contributed by atoms with Crippen molar-refractivity contribution in [1.82, 2.24) is 20.1 Å². The van der Waals surface area contributed by atoms with Crippen LogP contribution in [-0.4, -0.2) is 20.9 Å². The first-order valence-electron chi connectivity index (χ1n) is 8.43. The SMILES string of the molecule is CC(C)Oc1ccccc1C(C)NCc1nc(C2CC2)nn1C. The summed E-state index contributed by atoms with van der Waals surface area (Å²) >= 11 is 0. The number of benzene rings is 1. The molecule has 2 aromatic rings. The van der Waals surface area contributed by atoms with E-state index in [0.29, 0.717) is 12.5 Å². The van der Waals surface area contributed by atoms with E-state index in [-0.39, 0.29) is 12.1 Å². The highest BCUT2D eigenvalue weighted by atomic mass is 16.5. The summed E-state index contributed by atoms with van der Waals surface area (Å²) in [6, 6.07) is 8.39. The lowest BCUT2D eigenvalue weighted by atomic mass is 10.1. The monoisotopic (exact) mass is 314 g/mol. The molecule has 5 heteroatoms. The number of rotatable bonds is 7. The maximum atomic E-state index is 5.91. The van der Waals surface area contributed by atoms with Crippen LogP contribution in [0.5, 0.6) is 5.75 Å². The molecule has 1 aromatic heterocycles. The molecule has 23 heavy (non-hydrogen) atoms. The molecule has 0 amide bonds. The van der Waals surface area contributed by atoms with Crippen molar-refractivity contribution in [2.24, 2.45) is 7.05 Å². The van der Waals surface area contributed by atoms with E-state index in [1.807, 2.05) is 43.8 Å². The van der Waals surface area contributed by atoms with Gasteiger partial charge in [0.2, 0.25) is 0 Å². The number of aromatic nitrogens is 3. The molecule has 0 saturated heterocycles. The molecule has 1 heterocycles. The average molecular weight is 314 g/mol. The molecule has 1 aliphatic carbocycles. The molecule has 124 valence electrons. The van der Waals surface area contributed by atoms with Crippen LogP contribution in [0.3, 0.4) is 0 Å². The Bertz CT molecular complexity index is 661. The second-order valence-electron chi connectivity index (χ2n) is 6.59. The minimum absolute atomic E-state index is 0.170. The molecule has 1 aromatic carbocycles. The zero-order chi connectivity index (χ0) is 16.4. The van der Waals surface area contributed by atoms with Crippen molar-refractivity contribution in [3.05, 3.63) is 41.5 Å². The summed E-state index contributed by atoms with van der Waals surface area (Å²) < 4.78 is 7.81. The lowest BCUT2D eigenvalue weighted by molar-refractivity contribution is 0.238. The summed E-state index contributed by atoms with van der Waals surface area (Å²) in [5.41, 5.74) is 1.17. The molecular weight excluding hydrogens is 288 g/mol. The Hall–Kier alpha value is -1.88. The lowest BCUT2D eigenvalue weighted by Crippen LogP contribution is -2.21. The quantitative estimate of drug-likeness (QED) is 0.851. The van der Waals surface area contributed by atoms with Gasteiger partial charge >= 0.3 is 0 Å². The van der Waals surface area contributed by atoms with Gasteiger partial charge in [-0.2, -0.15) is 5.10 Å². The maximum Gasteiger partial charge on any atom is 0.154 e. The van der Waals surface area contributed by atoms with E-state index in [0.717, 1.165) is 17.4 Å². The predicted molar refractivity (Wildman–Crippen MR) is 90.4 cm³/mol. The van der Waals surface area contributed by atoms with Crippen LogP contribution >= 0.6 is 0 Å². The van der Waals surface area contributed by atoms with Crippen molar-refractivity contribution < 1.29 is 4.74 Å². The summed E-state index contributed by atoms with van der Waals surface area (Å²) in [4.78, 5) is 4.67. The van der Waals surface area contributed by atoms with Gasteiger partial charge < -0.3 is 10.1 Å². The van der Waals surface area contributed by atoms with E-state index < -0.39 is 0 Å². The molecule has 1 N–H and O–H groups in total. The topological polar surface area (TPSA) is 52.0 Å². The Morgan fingerprint density at radius 3 is 2.70 bits per heavy atom. The third-order valence-corrected chi connectivity index (χ3v) is 4.13. The molecule has 1 aliphatic rings. The first-order valence-corrected chi connectivity index (χ1v) is 8.43. The van der Waals surface area contributed by atoms with Crippen molar-refractivity contribution in [1.29, 1.82) is 0 Å². The molecule has 0 aliphatic heterocycles. The van der Waals surface area contributed by atoms with Crippen LogP contribution in [0.25, 0.3) is 0 Å². The predicted octanol–water partition coefficient (Wildman–Crippen LogP) is 3.33. The van der Waals surface area contributed by atoms with E-state index in [9.17, 15) is 0 Å². The fourth-order valence-corrected chi connectivity index (χ4v) is 2.66. The molecule has 1 fully saturated rings. The zero-order valence-electron chi connectivity index (χ0n) is 14.4. The van der Waals surface area contributed by atoms with Crippen LogP contribution in [-0.2, 0) is 13.6 Å². The molecule has 0 bridgehead atoms. The number of ether oxygens (including phenoxy) is 1. The smallest absolute Gasteiger partial charge is 0.154 e. The number of nitrogens with one attached hydrogen (secondary N) is 1. The number of aryl methyl sites for hydroxylation is 1. The van der Waals surface area contributed by atoms with Crippen molar-refractivity contribution >= 4 is 0 Å². The van der Waals surface area contributed by atoms with Gasteiger partial charge in [0, 0.05) is 24.6 Å². The van der Waals surface area contributed by atoms with E-state index in [1.165, 1.54) is 18.4 Å². The van der Waals surface area contributed by atoms with E-state index in [1.54, 1.807) is 0 Å². The second-order valence-corrected chi connectivity index (χ2v) is 6.59. The van der Waals surface area contributed by atoms with Gasteiger partial charge in [-0.1, -0.05) is 18.2 Å². The van der Waals surface area contributed by atoms with E-state index in [4.69, 9.17) is 4.74 Å². The van der Waals surface area contributed by atoms with Crippen molar-refractivity contribution in [3.8, 4) is 5.75 Å². The van der Waals surface area contributed by atoms with Crippen molar-refractivity contribution in [2.75, 3.05) is 0 Å². The Labute approximate surface area is 138 Å². The van der Waals surface area contributed by atoms with Gasteiger partial charge in [-0.05, 0) is 39.7 Å². The van der Waals surface area contributed by atoms with Crippen molar-refractivity contribution in [3.63, 3.8) is 0 Å². The fraction of sp³-hybridized carbons (Fsp3) is 0.556. The van der Waals surface area contributed by atoms with E-state index >= 15 is 0 Å². The Morgan fingerprint density at radius 1 is 1.26 bits per heavy atom. The number of hydrogen-bond donors (Lipinski definition) is 1. The van der Waals surface area contributed by atoms with Gasteiger partial charge in [0.25, 0.3) is 0 Å². The Kier molecular flexibility index (Phi) is 4.66. The normalized spacial score (nSPS) is 15.9. The van der Waals surface area contributed by atoms with Crippen LogP contribution < -0.4 is 10.1 Å². The van der Waals surface area contributed by atoms with Gasteiger partial charge in [-0.25, -0.2) is 4.98 Å². The Balaban J connectivity index is 1.66. The third kappa shape index (κ3) is 3.91. The van der Waals surface area contributed by atoms with Gasteiger partial charge in [0.1, 0.15) is 11.6 Å². The summed E-state index contributed by atoms with van der Waals surface area (Å²) in [5.74, 6) is 3.52. The molecular formula is C18H26N4O. The molecule has 1 unspecified atom stereocenters. The average Bonchev–Trinajstić information content (AvgIpc) is 3.29. The van der Waals surface area contributed by atoms with Crippen LogP contribution in [0.4, 0.5) is 0 Å². The summed E-state index contributed by atoms with van der Waals surface area (Å²) in [7, 11) is 1.97. The molecule has 0 radical (unpaired) electrons. The van der Waals surface area contributed by atoms with Crippen LogP contribution in [0.15, 0.2) is 24.3 Å². The minimum Gasteiger partial charge on any atom is -0.491 e. The first-order chi connectivity index (χ1) is 11.0. The number of para-hydroxylation sites is 1. The zero-order valence-corrected chi connectivity index (χ0v) is 14.4. The van der Waals surface area contributed by atoms with Gasteiger partial charge in [-0.15, -0.1) is 0 Å². The highest BCUT2D eigenvalue weighted by Gasteiger charge is 2.28. The van der Waals surface area contributed by atoms with Crippen molar-refractivity contribution in [2.45, 2.75) is 58.2 Å². The number of hydrogen-bond acceptors (Lipinski definition) is 4. The van der Waals surface area contributed by atoms with Crippen LogP contribution in [0.2, 0.25) is 0 Å². The maximum absolute atomic E-state index is 5.91.